The van der Waals surface area contributed by atoms with Crippen molar-refractivity contribution in [3.05, 3.63) is 83.8 Å². The van der Waals surface area contributed by atoms with Crippen LogP contribution < -0.4 is 5.32 Å². The van der Waals surface area contributed by atoms with Crippen molar-refractivity contribution in [2.24, 2.45) is 0 Å². The molecule has 0 unspecified atom stereocenters. The average Bonchev–Trinajstić information content (AvgIpc) is 3.48. The van der Waals surface area contributed by atoms with Gasteiger partial charge in [-0.25, -0.2) is 4.39 Å². The number of rotatable bonds is 9. The monoisotopic (exact) mass is 532 g/mol. The molecule has 2 heterocycles. The van der Waals surface area contributed by atoms with E-state index >= 15 is 0 Å². The van der Waals surface area contributed by atoms with E-state index in [0.29, 0.717) is 37.6 Å². The summed E-state index contributed by atoms with van der Waals surface area (Å²) in [6.45, 7) is 3.80. The molecule has 1 atom stereocenters. The summed E-state index contributed by atoms with van der Waals surface area (Å²) in [5.41, 5.74) is 2.81. The Hall–Kier alpha value is -3.49. The Morgan fingerprint density at radius 3 is 2.41 bits per heavy atom. The molecule has 2 amide bonds. The molecule has 2 N–H and O–H groups in total. The number of morpholine rings is 1. The second kappa shape index (κ2) is 13.0. The molecule has 1 aliphatic heterocycles. The highest BCUT2D eigenvalue weighted by Crippen LogP contribution is 2.27. The molecule has 1 saturated heterocycles. The molecule has 3 aromatic rings. The van der Waals surface area contributed by atoms with Crippen molar-refractivity contribution < 1.29 is 18.7 Å². The van der Waals surface area contributed by atoms with E-state index in [4.69, 9.17) is 4.74 Å². The van der Waals surface area contributed by atoms with Gasteiger partial charge >= 0.3 is 0 Å². The van der Waals surface area contributed by atoms with Crippen molar-refractivity contribution in [3.63, 3.8) is 0 Å². The minimum Gasteiger partial charge on any atom is -0.379 e. The summed E-state index contributed by atoms with van der Waals surface area (Å²) in [6.07, 6.45) is 5.20. The number of H-pyrrole nitrogens is 1. The van der Waals surface area contributed by atoms with Crippen LogP contribution in [0.2, 0.25) is 0 Å². The number of nitrogens with one attached hydrogen (secondary N) is 2. The number of aromatic amines is 1. The van der Waals surface area contributed by atoms with Crippen molar-refractivity contribution in [3.8, 4) is 11.3 Å². The average molecular weight is 533 g/mol. The lowest BCUT2D eigenvalue weighted by Crippen LogP contribution is -2.50. The van der Waals surface area contributed by atoms with Crippen LogP contribution in [-0.4, -0.2) is 72.0 Å². The summed E-state index contributed by atoms with van der Waals surface area (Å²) < 4.78 is 19.4. The Kier molecular flexibility index (Phi) is 9.06. The number of nitrogens with zero attached hydrogens (tertiary/aromatic N) is 2. The molecule has 2 aromatic carbocycles. The van der Waals surface area contributed by atoms with Gasteiger partial charge in [-0.2, -0.15) is 0 Å². The zero-order valence-electron chi connectivity index (χ0n) is 22.3. The standard InChI is InChI=1S/C31H37FN4O3/c32-25-13-11-24(12-14-25)29(30(37)33-26-9-5-2-6-10-26)36(18-17-35-19-21-39-22-20-35)31(38)28-16-15-27(34-28)23-7-3-1-4-8-23/h1,3-4,7-8,11-16,26,29,34H,2,5-6,9-10,17-22H2,(H,33,37)/t29-/m1/s1. The Morgan fingerprint density at radius 1 is 0.974 bits per heavy atom. The van der Waals surface area contributed by atoms with Crippen molar-refractivity contribution >= 4 is 11.8 Å². The summed E-state index contributed by atoms with van der Waals surface area (Å²) in [5.74, 6) is -0.870. The topological polar surface area (TPSA) is 77.7 Å². The van der Waals surface area contributed by atoms with Gasteiger partial charge in [0, 0.05) is 37.9 Å². The first-order chi connectivity index (χ1) is 19.1. The van der Waals surface area contributed by atoms with Gasteiger partial charge in [0.2, 0.25) is 5.91 Å². The lowest BCUT2D eigenvalue weighted by Gasteiger charge is -2.35. The van der Waals surface area contributed by atoms with E-state index in [9.17, 15) is 14.0 Å². The van der Waals surface area contributed by atoms with Gasteiger partial charge < -0.3 is 19.9 Å². The highest BCUT2D eigenvalue weighted by Gasteiger charge is 2.34. The summed E-state index contributed by atoms with van der Waals surface area (Å²) >= 11 is 0. The minimum atomic E-state index is -0.885. The fourth-order valence-corrected chi connectivity index (χ4v) is 5.53. The number of hydrogen-bond donors (Lipinski definition) is 2. The summed E-state index contributed by atoms with van der Waals surface area (Å²) in [4.78, 5) is 35.2. The van der Waals surface area contributed by atoms with Crippen LogP contribution >= 0.6 is 0 Å². The number of hydrogen-bond acceptors (Lipinski definition) is 4. The maximum absolute atomic E-state index is 14.1. The fourth-order valence-electron chi connectivity index (χ4n) is 5.53. The van der Waals surface area contributed by atoms with Gasteiger partial charge in [-0.15, -0.1) is 0 Å². The van der Waals surface area contributed by atoms with E-state index in [1.54, 1.807) is 23.1 Å². The molecule has 2 aliphatic rings. The minimum absolute atomic E-state index is 0.0839. The second-order valence-electron chi connectivity index (χ2n) is 10.4. The largest absolute Gasteiger partial charge is 0.379 e. The van der Waals surface area contributed by atoms with Crippen molar-refractivity contribution in [2.75, 3.05) is 39.4 Å². The van der Waals surface area contributed by atoms with Crippen LogP contribution in [0, 0.1) is 5.82 Å². The van der Waals surface area contributed by atoms with E-state index in [1.165, 1.54) is 18.6 Å². The van der Waals surface area contributed by atoms with Gasteiger partial charge in [0.05, 0.1) is 13.2 Å². The van der Waals surface area contributed by atoms with Gasteiger partial charge in [-0.1, -0.05) is 61.7 Å². The quantitative estimate of drug-likeness (QED) is 0.416. The number of halogens is 1. The third-order valence-corrected chi connectivity index (χ3v) is 7.72. The first-order valence-corrected chi connectivity index (χ1v) is 14.0. The first kappa shape index (κ1) is 27.1. The molecule has 0 spiro atoms. The maximum Gasteiger partial charge on any atom is 0.271 e. The molecular weight excluding hydrogens is 495 g/mol. The predicted molar refractivity (Wildman–Crippen MR) is 149 cm³/mol. The SMILES string of the molecule is O=C(NC1CCCCC1)[C@@H](c1ccc(F)cc1)N(CCN1CCOCC1)C(=O)c1ccc(-c2ccccc2)[nH]1. The number of ether oxygens (including phenoxy) is 1. The van der Waals surface area contributed by atoms with Crippen LogP contribution in [0.1, 0.15) is 54.2 Å². The number of carbonyl (C=O) groups is 2. The van der Waals surface area contributed by atoms with Crippen molar-refractivity contribution in [2.45, 2.75) is 44.2 Å². The van der Waals surface area contributed by atoms with Crippen LogP contribution in [-0.2, 0) is 9.53 Å². The molecule has 1 aromatic heterocycles. The lowest BCUT2D eigenvalue weighted by molar-refractivity contribution is -0.127. The van der Waals surface area contributed by atoms with Crippen LogP contribution in [0.3, 0.4) is 0 Å². The number of aromatic nitrogens is 1. The molecule has 5 rings (SSSR count). The van der Waals surface area contributed by atoms with Gasteiger partial charge in [-0.3, -0.25) is 14.5 Å². The Morgan fingerprint density at radius 2 is 1.69 bits per heavy atom. The van der Waals surface area contributed by atoms with E-state index in [-0.39, 0.29) is 23.7 Å². The number of benzene rings is 2. The summed E-state index contributed by atoms with van der Waals surface area (Å²) in [6, 6.07) is 18.6. The zero-order chi connectivity index (χ0) is 27.0. The third kappa shape index (κ3) is 6.94. The Bertz CT molecular complexity index is 1220. The molecular formula is C31H37FN4O3. The molecule has 7 nitrogen and oxygen atoms in total. The highest BCUT2D eigenvalue weighted by molar-refractivity contribution is 5.97. The van der Waals surface area contributed by atoms with Gasteiger partial charge in [0.15, 0.2) is 0 Å². The normalized spacial score (nSPS) is 17.5. The Labute approximate surface area is 229 Å². The molecule has 1 aliphatic carbocycles. The highest BCUT2D eigenvalue weighted by atomic mass is 19.1. The smallest absolute Gasteiger partial charge is 0.271 e. The van der Waals surface area contributed by atoms with Gasteiger partial charge in [-0.05, 0) is 48.2 Å². The first-order valence-electron chi connectivity index (χ1n) is 14.0. The molecule has 0 bridgehead atoms. The summed E-state index contributed by atoms with van der Waals surface area (Å²) in [5, 5.41) is 3.22. The molecule has 39 heavy (non-hydrogen) atoms. The maximum atomic E-state index is 14.1. The lowest BCUT2D eigenvalue weighted by atomic mass is 9.94. The van der Waals surface area contributed by atoms with Crippen LogP contribution in [0.5, 0.6) is 0 Å². The fraction of sp³-hybridized carbons (Fsp3) is 0.419. The van der Waals surface area contributed by atoms with E-state index in [2.05, 4.69) is 15.2 Å². The predicted octanol–water partition coefficient (Wildman–Crippen LogP) is 4.79. The second-order valence-corrected chi connectivity index (χ2v) is 10.4. The zero-order valence-corrected chi connectivity index (χ0v) is 22.3. The van der Waals surface area contributed by atoms with Gasteiger partial charge in [0.1, 0.15) is 17.6 Å². The van der Waals surface area contributed by atoms with Crippen LogP contribution in [0.4, 0.5) is 4.39 Å². The van der Waals surface area contributed by atoms with Crippen molar-refractivity contribution in [1.82, 2.24) is 20.1 Å². The number of carbonyl (C=O) groups excluding carboxylic acids is 2. The molecule has 8 heteroatoms. The Balaban J connectivity index is 1.46. The van der Waals surface area contributed by atoms with Crippen molar-refractivity contribution in [1.29, 1.82) is 0 Å². The van der Waals surface area contributed by atoms with E-state index in [1.807, 2.05) is 36.4 Å². The van der Waals surface area contributed by atoms with E-state index < -0.39 is 6.04 Å². The van der Waals surface area contributed by atoms with Crippen LogP contribution in [0.25, 0.3) is 11.3 Å². The molecule has 2 fully saturated rings. The van der Waals surface area contributed by atoms with Gasteiger partial charge in [0.25, 0.3) is 5.91 Å². The molecule has 0 radical (unpaired) electrons. The van der Waals surface area contributed by atoms with Crippen LogP contribution in [0.15, 0.2) is 66.7 Å². The van der Waals surface area contributed by atoms with E-state index in [0.717, 1.165) is 50.0 Å². The molecule has 1 saturated carbocycles. The third-order valence-electron chi connectivity index (χ3n) is 7.72. The molecule has 206 valence electrons. The summed E-state index contributed by atoms with van der Waals surface area (Å²) in [7, 11) is 0. The number of amides is 2.